The van der Waals surface area contributed by atoms with Crippen LogP contribution in [0.15, 0.2) is 48.5 Å². The molecule has 0 heterocycles. The fraction of sp³-hybridized carbons (Fsp3) is 0.333. The monoisotopic (exact) mass is 285 g/mol. The summed E-state index contributed by atoms with van der Waals surface area (Å²) in [5.74, 6) is 0.863. The minimum Gasteiger partial charge on any atom is -0.496 e. The molecule has 0 amide bonds. The Morgan fingerprint density at radius 1 is 1.10 bits per heavy atom. The number of para-hydroxylation sites is 1. The lowest BCUT2D eigenvalue weighted by molar-refractivity contribution is 0.170. The van der Waals surface area contributed by atoms with Gasteiger partial charge in [0.15, 0.2) is 0 Å². The molecule has 2 rings (SSSR count). The van der Waals surface area contributed by atoms with Gasteiger partial charge < -0.3 is 15.2 Å². The van der Waals surface area contributed by atoms with E-state index < -0.39 is 6.10 Å². The lowest BCUT2D eigenvalue weighted by Gasteiger charge is -2.19. The topological polar surface area (TPSA) is 41.5 Å². The van der Waals surface area contributed by atoms with Gasteiger partial charge in [-0.05, 0) is 25.5 Å². The average molecular weight is 285 g/mol. The molecule has 2 aromatic carbocycles. The first-order chi connectivity index (χ1) is 10.1. The second-order valence-electron chi connectivity index (χ2n) is 5.30. The standard InChI is InChI=1S/C18H23NO2/c1-13-8-10-15(11-9-13)17(20)12-19-14(2)16-6-4-5-7-18(16)21-3/h4-11,14,17,19-20H,12H2,1-3H3. The summed E-state index contributed by atoms with van der Waals surface area (Å²) in [4.78, 5) is 0. The maximum atomic E-state index is 10.2. The number of hydrogen-bond donors (Lipinski definition) is 2. The Balaban J connectivity index is 1.97. The van der Waals surface area contributed by atoms with Crippen molar-refractivity contribution in [2.45, 2.75) is 26.0 Å². The predicted octanol–water partition coefficient (Wildman–Crippen LogP) is 3.39. The number of hydrogen-bond acceptors (Lipinski definition) is 3. The van der Waals surface area contributed by atoms with Crippen LogP contribution in [0.1, 0.15) is 35.8 Å². The first kappa shape index (κ1) is 15.5. The third kappa shape index (κ3) is 4.06. The summed E-state index contributed by atoms with van der Waals surface area (Å²) < 4.78 is 5.37. The van der Waals surface area contributed by atoms with Gasteiger partial charge in [-0.15, -0.1) is 0 Å². The first-order valence-corrected chi connectivity index (χ1v) is 7.22. The third-order valence-electron chi connectivity index (χ3n) is 3.68. The highest BCUT2D eigenvalue weighted by atomic mass is 16.5. The summed E-state index contributed by atoms with van der Waals surface area (Å²) in [6.45, 7) is 4.61. The molecule has 21 heavy (non-hydrogen) atoms. The molecule has 0 saturated carbocycles. The van der Waals surface area contributed by atoms with E-state index in [1.807, 2.05) is 55.5 Å². The van der Waals surface area contributed by atoms with Crippen molar-refractivity contribution in [2.75, 3.05) is 13.7 Å². The number of ether oxygens (including phenoxy) is 1. The van der Waals surface area contributed by atoms with Crippen LogP contribution in [0.5, 0.6) is 5.75 Å². The van der Waals surface area contributed by atoms with Crippen molar-refractivity contribution >= 4 is 0 Å². The van der Waals surface area contributed by atoms with Crippen LogP contribution in [-0.2, 0) is 0 Å². The summed E-state index contributed by atoms with van der Waals surface area (Å²) in [5, 5.41) is 13.6. The van der Waals surface area contributed by atoms with Gasteiger partial charge in [-0.1, -0.05) is 48.0 Å². The second-order valence-corrected chi connectivity index (χ2v) is 5.30. The highest BCUT2D eigenvalue weighted by Gasteiger charge is 2.13. The zero-order valence-electron chi connectivity index (χ0n) is 12.8. The zero-order valence-corrected chi connectivity index (χ0v) is 12.8. The molecule has 2 unspecified atom stereocenters. The predicted molar refractivity (Wildman–Crippen MR) is 85.6 cm³/mol. The van der Waals surface area contributed by atoms with Crippen molar-refractivity contribution in [1.82, 2.24) is 5.32 Å². The van der Waals surface area contributed by atoms with Gasteiger partial charge in [-0.3, -0.25) is 0 Å². The number of aliphatic hydroxyl groups excluding tert-OH is 1. The molecule has 2 N–H and O–H groups in total. The summed E-state index contributed by atoms with van der Waals surface area (Å²) in [6, 6.07) is 16.0. The van der Waals surface area contributed by atoms with E-state index in [2.05, 4.69) is 12.2 Å². The molecule has 2 atom stereocenters. The van der Waals surface area contributed by atoms with Crippen molar-refractivity contribution in [3.05, 3.63) is 65.2 Å². The van der Waals surface area contributed by atoms with Gasteiger partial charge in [0.25, 0.3) is 0 Å². The maximum absolute atomic E-state index is 10.2. The average Bonchev–Trinajstić information content (AvgIpc) is 2.52. The Kier molecular flexibility index (Phi) is 5.37. The van der Waals surface area contributed by atoms with E-state index in [1.165, 1.54) is 5.56 Å². The maximum Gasteiger partial charge on any atom is 0.123 e. The molecule has 0 aliphatic heterocycles. The highest BCUT2D eigenvalue weighted by molar-refractivity contribution is 5.35. The lowest BCUT2D eigenvalue weighted by Crippen LogP contribution is -2.25. The van der Waals surface area contributed by atoms with Crippen molar-refractivity contribution in [3.8, 4) is 5.75 Å². The van der Waals surface area contributed by atoms with E-state index in [1.54, 1.807) is 7.11 Å². The number of rotatable bonds is 6. The summed E-state index contributed by atoms with van der Waals surface area (Å²) in [6.07, 6.45) is -0.511. The van der Waals surface area contributed by atoms with E-state index in [9.17, 15) is 5.11 Å². The number of methoxy groups -OCH3 is 1. The molecule has 3 nitrogen and oxygen atoms in total. The van der Waals surface area contributed by atoms with E-state index in [0.717, 1.165) is 16.9 Å². The zero-order chi connectivity index (χ0) is 15.2. The van der Waals surface area contributed by atoms with Gasteiger partial charge in [0.2, 0.25) is 0 Å². The van der Waals surface area contributed by atoms with Crippen molar-refractivity contribution in [1.29, 1.82) is 0 Å². The molecular formula is C18H23NO2. The fourth-order valence-corrected chi connectivity index (χ4v) is 2.33. The molecule has 2 aromatic rings. The van der Waals surface area contributed by atoms with Crippen LogP contribution in [0.2, 0.25) is 0 Å². The van der Waals surface area contributed by atoms with Gasteiger partial charge in [-0.2, -0.15) is 0 Å². The molecule has 0 fully saturated rings. The second kappa shape index (κ2) is 7.25. The van der Waals surface area contributed by atoms with Crippen molar-refractivity contribution < 1.29 is 9.84 Å². The summed E-state index contributed by atoms with van der Waals surface area (Å²) >= 11 is 0. The normalized spacial score (nSPS) is 13.7. The van der Waals surface area contributed by atoms with Crippen LogP contribution in [0.25, 0.3) is 0 Å². The van der Waals surface area contributed by atoms with Crippen LogP contribution in [-0.4, -0.2) is 18.8 Å². The lowest BCUT2D eigenvalue weighted by atomic mass is 10.0. The van der Waals surface area contributed by atoms with Gasteiger partial charge in [0.05, 0.1) is 13.2 Å². The minimum absolute atomic E-state index is 0.112. The van der Waals surface area contributed by atoms with E-state index >= 15 is 0 Å². The van der Waals surface area contributed by atoms with Crippen LogP contribution in [0.4, 0.5) is 0 Å². The number of aryl methyl sites for hydroxylation is 1. The largest absolute Gasteiger partial charge is 0.496 e. The van der Waals surface area contributed by atoms with Crippen molar-refractivity contribution in [2.24, 2.45) is 0 Å². The number of benzene rings is 2. The van der Waals surface area contributed by atoms with E-state index in [0.29, 0.717) is 6.54 Å². The SMILES string of the molecule is COc1ccccc1C(C)NCC(O)c1ccc(C)cc1. The van der Waals surface area contributed by atoms with Crippen LogP contribution in [0.3, 0.4) is 0 Å². The van der Waals surface area contributed by atoms with E-state index in [4.69, 9.17) is 4.74 Å². The molecule has 0 aliphatic rings. The Labute approximate surface area is 126 Å². The fourth-order valence-electron chi connectivity index (χ4n) is 2.33. The minimum atomic E-state index is -0.511. The molecular weight excluding hydrogens is 262 g/mol. The molecule has 3 heteroatoms. The third-order valence-corrected chi connectivity index (χ3v) is 3.68. The Bertz CT molecular complexity index is 566. The molecule has 0 bridgehead atoms. The van der Waals surface area contributed by atoms with Gasteiger partial charge in [0.1, 0.15) is 5.75 Å². The molecule has 0 saturated heterocycles. The molecule has 112 valence electrons. The molecule has 0 aromatic heterocycles. The van der Waals surface area contributed by atoms with Gasteiger partial charge in [-0.25, -0.2) is 0 Å². The smallest absolute Gasteiger partial charge is 0.123 e. The quantitative estimate of drug-likeness (QED) is 0.855. The van der Waals surface area contributed by atoms with Crippen LogP contribution >= 0.6 is 0 Å². The molecule has 0 radical (unpaired) electrons. The van der Waals surface area contributed by atoms with Crippen LogP contribution in [0, 0.1) is 6.92 Å². The molecule has 0 spiro atoms. The van der Waals surface area contributed by atoms with Gasteiger partial charge >= 0.3 is 0 Å². The van der Waals surface area contributed by atoms with E-state index in [-0.39, 0.29) is 6.04 Å². The Morgan fingerprint density at radius 2 is 1.76 bits per heavy atom. The molecule has 0 aliphatic carbocycles. The van der Waals surface area contributed by atoms with Gasteiger partial charge in [0, 0.05) is 18.2 Å². The van der Waals surface area contributed by atoms with Crippen molar-refractivity contribution in [3.63, 3.8) is 0 Å². The highest BCUT2D eigenvalue weighted by Crippen LogP contribution is 2.24. The summed E-state index contributed by atoms with van der Waals surface area (Å²) in [7, 11) is 1.67. The summed E-state index contributed by atoms with van der Waals surface area (Å²) in [5.41, 5.74) is 3.22. The first-order valence-electron chi connectivity index (χ1n) is 7.22. The van der Waals surface area contributed by atoms with Crippen LogP contribution < -0.4 is 10.1 Å². The Morgan fingerprint density at radius 3 is 2.43 bits per heavy atom. The Hall–Kier alpha value is -1.84. The number of aliphatic hydroxyl groups is 1. The number of nitrogens with one attached hydrogen (secondary N) is 1.